The quantitative estimate of drug-likeness (QED) is 0.734. The van der Waals surface area contributed by atoms with Gasteiger partial charge in [-0.15, -0.1) is 0 Å². The van der Waals surface area contributed by atoms with Gasteiger partial charge >= 0.3 is 0 Å². The molecule has 17 heavy (non-hydrogen) atoms. The van der Waals surface area contributed by atoms with Gasteiger partial charge in [0.1, 0.15) is 0 Å². The van der Waals surface area contributed by atoms with Crippen molar-refractivity contribution in [1.82, 2.24) is 0 Å². The minimum Gasteiger partial charge on any atom is -0.274 e. The molecule has 2 rings (SSSR count). The third kappa shape index (κ3) is 2.09. The van der Waals surface area contributed by atoms with Gasteiger partial charge in [-0.2, -0.15) is 0 Å². The molecule has 0 saturated carbocycles. The molecule has 90 valence electrons. The second-order valence-corrected chi connectivity index (χ2v) is 4.82. The molecule has 1 aromatic rings. The van der Waals surface area contributed by atoms with Crippen molar-refractivity contribution in [1.29, 1.82) is 0 Å². The molecule has 0 N–H and O–H groups in total. The van der Waals surface area contributed by atoms with E-state index in [1.807, 2.05) is 19.1 Å². The Bertz CT molecular complexity index is 461. The summed E-state index contributed by atoms with van der Waals surface area (Å²) in [5.74, 6) is 0.276. The van der Waals surface area contributed by atoms with E-state index in [0.29, 0.717) is 18.8 Å². The lowest BCUT2D eigenvalue weighted by Crippen LogP contribution is -2.29. The molecule has 3 nitrogen and oxygen atoms in total. The van der Waals surface area contributed by atoms with Crippen molar-refractivity contribution >= 4 is 17.5 Å². The molecule has 3 heteroatoms. The average Bonchev–Trinajstić information content (AvgIpc) is 2.59. The van der Waals surface area contributed by atoms with Gasteiger partial charge in [-0.25, -0.2) is 0 Å². The zero-order valence-corrected chi connectivity index (χ0v) is 10.5. The fourth-order valence-electron chi connectivity index (χ4n) is 2.13. The number of benzene rings is 1. The van der Waals surface area contributed by atoms with Crippen LogP contribution >= 0.6 is 0 Å². The normalized spacial score (nSPS) is 16.1. The summed E-state index contributed by atoms with van der Waals surface area (Å²) in [6.07, 6.45) is 0.675. The van der Waals surface area contributed by atoms with Crippen LogP contribution in [0.2, 0.25) is 0 Å². The molecule has 0 aromatic heterocycles. The molecule has 1 aromatic carbocycles. The zero-order valence-electron chi connectivity index (χ0n) is 10.5. The SMILES string of the molecule is Cc1cc(C(C)C)ccc1N1C(=O)CCC1=O. The highest BCUT2D eigenvalue weighted by Crippen LogP contribution is 2.28. The molecular formula is C14H17NO2. The number of amides is 2. The maximum absolute atomic E-state index is 11.7. The van der Waals surface area contributed by atoms with Crippen LogP contribution in [0.3, 0.4) is 0 Å². The van der Waals surface area contributed by atoms with E-state index in [0.717, 1.165) is 11.3 Å². The number of imide groups is 1. The van der Waals surface area contributed by atoms with Gasteiger partial charge in [-0.3, -0.25) is 14.5 Å². The fourth-order valence-corrected chi connectivity index (χ4v) is 2.13. The van der Waals surface area contributed by atoms with E-state index in [1.54, 1.807) is 0 Å². The lowest BCUT2D eigenvalue weighted by molar-refractivity contribution is -0.121. The minimum absolute atomic E-state index is 0.0876. The van der Waals surface area contributed by atoms with Crippen molar-refractivity contribution < 1.29 is 9.59 Å². The zero-order chi connectivity index (χ0) is 12.6. The van der Waals surface area contributed by atoms with E-state index in [9.17, 15) is 9.59 Å². The van der Waals surface area contributed by atoms with Crippen LogP contribution in [0, 0.1) is 6.92 Å². The summed E-state index contributed by atoms with van der Waals surface area (Å²) >= 11 is 0. The highest BCUT2D eigenvalue weighted by molar-refractivity contribution is 6.20. The van der Waals surface area contributed by atoms with Crippen LogP contribution in [0.25, 0.3) is 0 Å². The molecule has 1 fully saturated rings. The second kappa shape index (κ2) is 4.32. The fraction of sp³-hybridized carbons (Fsp3) is 0.429. The summed E-state index contributed by atoms with van der Waals surface area (Å²) in [5, 5.41) is 0. The van der Waals surface area contributed by atoms with Crippen LogP contribution in [-0.2, 0) is 9.59 Å². The van der Waals surface area contributed by atoms with Gasteiger partial charge in [0.05, 0.1) is 5.69 Å². The Hall–Kier alpha value is -1.64. The van der Waals surface area contributed by atoms with Gasteiger partial charge < -0.3 is 0 Å². The molecule has 0 radical (unpaired) electrons. The van der Waals surface area contributed by atoms with Crippen molar-refractivity contribution in [3.8, 4) is 0 Å². The van der Waals surface area contributed by atoms with Crippen LogP contribution in [0.5, 0.6) is 0 Å². The third-order valence-corrected chi connectivity index (χ3v) is 3.18. The number of anilines is 1. The summed E-state index contributed by atoms with van der Waals surface area (Å²) in [7, 11) is 0. The first-order valence-corrected chi connectivity index (χ1v) is 5.97. The topological polar surface area (TPSA) is 37.4 Å². The number of nitrogens with zero attached hydrogens (tertiary/aromatic N) is 1. The first-order chi connectivity index (χ1) is 8.00. The maximum atomic E-state index is 11.7. The molecule has 1 aliphatic heterocycles. The first kappa shape index (κ1) is 11.8. The van der Waals surface area contributed by atoms with E-state index in [-0.39, 0.29) is 11.8 Å². The van der Waals surface area contributed by atoms with Crippen molar-refractivity contribution in [2.45, 2.75) is 39.5 Å². The number of rotatable bonds is 2. The molecule has 0 bridgehead atoms. The largest absolute Gasteiger partial charge is 0.274 e. The van der Waals surface area contributed by atoms with E-state index in [4.69, 9.17) is 0 Å². The van der Waals surface area contributed by atoms with Gasteiger partial charge in [0.25, 0.3) is 0 Å². The predicted octanol–water partition coefficient (Wildman–Crippen LogP) is 2.77. The summed E-state index contributed by atoms with van der Waals surface area (Å²) in [6, 6.07) is 5.93. The monoisotopic (exact) mass is 231 g/mol. The summed E-state index contributed by atoms with van der Waals surface area (Å²) < 4.78 is 0. The van der Waals surface area contributed by atoms with Gasteiger partial charge in [-0.05, 0) is 30.0 Å². The van der Waals surface area contributed by atoms with Crippen LogP contribution < -0.4 is 4.90 Å². The number of carbonyl (C=O) groups excluding carboxylic acids is 2. The second-order valence-electron chi connectivity index (χ2n) is 4.82. The highest BCUT2D eigenvalue weighted by Gasteiger charge is 2.31. The van der Waals surface area contributed by atoms with E-state index < -0.39 is 0 Å². The Labute approximate surface area is 101 Å². The molecule has 1 aliphatic rings. The Morgan fingerprint density at radius 3 is 2.18 bits per heavy atom. The Morgan fingerprint density at radius 1 is 1.12 bits per heavy atom. The van der Waals surface area contributed by atoms with Crippen LogP contribution in [-0.4, -0.2) is 11.8 Å². The third-order valence-electron chi connectivity index (χ3n) is 3.18. The van der Waals surface area contributed by atoms with Crippen LogP contribution in [0.4, 0.5) is 5.69 Å². The lowest BCUT2D eigenvalue weighted by atomic mass is 10.00. The number of carbonyl (C=O) groups is 2. The van der Waals surface area contributed by atoms with Gasteiger partial charge in [0.2, 0.25) is 11.8 Å². The molecule has 0 atom stereocenters. The van der Waals surface area contributed by atoms with Gasteiger partial charge in [-0.1, -0.05) is 26.0 Å². The smallest absolute Gasteiger partial charge is 0.234 e. The molecule has 1 saturated heterocycles. The van der Waals surface area contributed by atoms with Crippen molar-refractivity contribution in [3.63, 3.8) is 0 Å². The summed E-state index contributed by atoms with van der Waals surface area (Å²) in [4.78, 5) is 24.6. The summed E-state index contributed by atoms with van der Waals surface area (Å²) in [5.41, 5.74) is 2.95. The van der Waals surface area contributed by atoms with Gasteiger partial charge in [0.15, 0.2) is 0 Å². The van der Waals surface area contributed by atoms with Crippen molar-refractivity contribution in [3.05, 3.63) is 29.3 Å². The Balaban J connectivity index is 2.40. The van der Waals surface area contributed by atoms with E-state index in [2.05, 4.69) is 19.9 Å². The molecule has 0 spiro atoms. The highest BCUT2D eigenvalue weighted by atomic mass is 16.2. The molecule has 0 unspecified atom stereocenters. The first-order valence-electron chi connectivity index (χ1n) is 5.97. The van der Waals surface area contributed by atoms with Crippen molar-refractivity contribution in [2.24, 2.45) is 0 Å². The van der Waals surface area contributed by atoms with Gasteiger partial charge in [0, 0.05) is 12.8 Å². The standard InChI is InChI=1S/C14H17NO2/c1-9(2)11-4-5-12(10(3)8-11)15-13(16)6-7-14(15)17/h4-5,8-9H,6-7H2,1-3H3. The molecule has 2 amide bonds. The minimum atomic E-state index is -0.0876. The predicted molar refractivity (Wildman–Crippen MR) is 67.0 cm³/mol. The summed E-state index contributed by atoms with van der Waals surface area (Å²) in [6.45, 7) is 6.20. The van der Waals surface area contributed by atoms with E-state index in [1.165, 1.54) is 10.5 Å². The molecule has 0 aliphatic carbocycles. The number of aryl methyl sites for hydroxylation is 1. The van der Waals surface area contributed by atoms with E-state index >= 15 is 0 Å². The number of hydrogen-bond donors (Lipinski definition) is 0. The number of hydrogen-bond acceptors (Lipinski definition) is 2. The average molecular weight is 231 g/mol. The lowest BCUT2D eigenvalue weighted by Gasteiger charge is -2.18. The Kier molecular flexibility index (Phi) is 3.01. The molecule has 1 heterocycles. The molecular weight excluding hydrogens is 214 g/mol. The maximum Gasteiger partial charge on any atom is 0.234 e. The Morgan fingerprint density at radius 2 is 1.71 bits per heavy atom. The van der Waals surface area contributed by atoms with Crippen molar-refractivity contribution in [2.75, 3.05) is 4.90 Å². The van der Waals surface area contributed by atoms with Crippen LogP contribution in [0.15, 0.2) is 18.2 Å². The van der Waals surface area contributed by atoms with Crippen LogP contribution in [0.1, 0.15) is 43.7 Å².